The van der Waals surface area contributed by atoms with Crippen LogP contribution in [0.15, 0.2) is 53.1 Å². The molecule has 1 heterocycles. The van der Waals surface area contributed by atoms with Crippen LogP contribution in [0.5, 0.6) is 0 Å². The van der Waals surface area contributed by atoms with Gasteiger partial charge < -0.3 is 9.73 Å². The number of furan rings is 1. The van der Waals surface area contributed by atoms with E-state index in [4.69, 9.17) is 4.42 Å². The van der Waals surface area contributed by atoms with E-state index in [1.54, 1.807) is 30.5 Å². The number of aryl methyl sites for hydroxylation is 1. The Hall–Kier alpha value is -2.88. The van der Waals surface area contributed by atoms with Crippen molar-refractivity contribution in [3.8, 4) is 0 Å². The quantitative estimate of drug-likeness (QED) is 0.737. The molecule has 2 aromatic carbocycles. The first-order chi connectivity index (χ1) is 11.0. The Morgan fingerprint density at radius 3 is 2.74 bits per heavy atom. The molecule has 0 unspecified atom stereocenters. The van der Waals surface area contributed by atoms with E-state index in [9.17, 15) is 9.59 Å². The summed E-state index contributed by atoms with van der Waals surface area (Å²) in [5.74, 6) is -0.174. The summed E-state index contributed by atoms with van der Waals surface area (Å²) in [7, 11) is 0. The molecule has 116 valence electrons. The Morgan fingerprint density at radius 2 is 1.96 bits per heavy atom. The Balaban J connectivity index is 1.77. The molecule has 3 aromatic rings. The number of nitrogens with one attached hydrogen (secondary N) is 1. The average Bonchev–Trinajstić information content (AvgIpc) is 2.89. The number of carbonyl (C=O) groups is 2. The van der Waals surface area contributed by atoms with Crippen molar-refractivity contribution >= 4 is 28.3 Å². The van der Waals surface area contributed by atoms with Gasteiger partial charge in [0.05, 0.1) is 12.7 Å². The first-order valence-electron chi connectivity index (χ1n) is 7.40. The van der Waals surface area contributed by atoms with Gasteiger partial charge in [0.1, 0.15) is 5.58 Å². The first-order valence-corrected chi connectivity index (χ1v) is 7.40. The standard InChI is InChI=1S/C19H17NO3/c1-12-6-7-18-17(8-12)15(11-23-18)10-19(22)20-16-5-3-4-14(9-16)13(2)21/h3-9,11H,10H2,1-2H3,(H,20,22). The van der Waals surface area contributed by atoms with E-state index in [1.807, 2.05) is 25.1 Å². The Bertz CT molecular complexity index is 893. The summed E-state index contributed by atoms with van der Waals surface area (Å²) in [6.45, 7) is 3.50. The van der Waals surface area contributed by atoms with Gasteiger partial charge in [-0.2, -0.15) is 0 Å². The normalized spacial score (nSPS) is 10.7. The van der Waals surface area contributed by atoms with Gasteiger partial charge in [-0.15, -0.1) is 0 Å². The van der Waals surface area contributed by atoms with Crippen molar-refractivity contribution in [2.45, 2.75) is 20.3 Å². The second kappa shape index (κ2) is 6.08. The molecule has 0 atom stereocenters. The number of rotatable bonds is 4. The van der Waals surface area contributed by atoms with Gasteiger partial charge in [0.2, 0.25) is 5.91 Å². The summed E-state index contributed by atoms with van der Waals surface area (Å²) in [6, 6.07) is 12.8. The zero-order chi connectivity index (χ0) is 16.4. The SMILES string of the molecule is CC(=O)c1cccc(NC(=O)Cc2coc3ccc(C)cc23)c1. The monoisotopic (exact) mass is 307 g/mol. The van der Waals surface area contributed by atoms with Crippen molar-refractivity contribution in [2.24, 2.45) is 0 Å². The van der Waals surface area contributed by atoms with Gasteiger partial charge in [-0.1, -0.05) is 23.8 Å². The molecular formula is C19H17NO3. The smallest absolute Gasteiger partial charge is 0.228 e. The second-order valence-electron chi connectivity index (χ2n) is 5.62. The highest BCUT2D eigenvalue weighted by atomic mass is 16.3. The van der Waals surface area contributed by atoms with E-state index in [-0.39, 0.29) is 18.1 Å². The molecule has 4 nitrogen and oxygen atoms in total. The summed E-state index contributed by atoms with van der Waals surface area (Å²) >= 11 is 0. The van der Waals surface area contributed by atoms with Crippen LogP contribution in [0.4, 0.5) is 5.69 Å². The zero-order valence-corrected chi connectivity index (χ0v) is 13.1. The van der Waals surface area contributed by atoms with Crippen LogP contribution in [0.1, 0.15) is 28.4 Å². The summed E-state index contributed by atoms with van der Waals surface area (Å²) in [5.41, 5.74) is 3.94. The number of carbonyl (C=O) groups excluding carboxylic acids is 2. The fourth-order valence-electron chi connectivity index (χ4n) is 2.53. The molecule has 3 rings (SSSR count). The predicted octanol–water partition coefficient (Wildman–Crippen LogP) is 4.13. The van der Waals surface area contributed by atoms with E-state index in [0.29, 0.717) is 11.3 Å². The number of fused-ring (bicyclic) bond motifs is 1. The van der Waals surface area contributed by atoms with Gasteiger partial charge in [-0.05, 0) is 38.1 Å². The van der Waals surface area contributed by atoms with Crippen LogP contribution < -0.4 is 5.32 Å². The molecule has 0 saturated carbocycles. The van der Waals surface area contributed by atoms with Gasteiger partial charge in [-0.3, -0.25) is 9.59 Å². The number of anilines is 1. The predicted molar refractivity (Wildman–Crippen MR) is 89.7 cm³/mol. The minimum absolute atomic E-state index is 0.0302. The summed E-state index contributed by atoms with van der Waals surface area (Å²) < 4.78 is 5.48. The zero-order valence-electron chi connectivity index (χ0n) is 13.1. The third kappa shape index (κ3) is 3.31. The van der Waals surface area contributed by atoms with Gasteiger partial charge in [-0.25, -0.2) is 0 Å². The van der Waals surface area contributed by atoms with Crippen molar-refractivity contribution in [3.05, 3.63) is 65.4 Å². The largest absolute Gasteiger partial charge is 0.464 e. The maximum atomic E-state index is 12.3. The van der Waals surface area contributed by atoms with Gasteiger partial charge >= 0.3 is 0 Å². The molecule has 0 spiro atoms. The number of hydrogen-bond donors (Lipinski definition) is 1. The van der Waals surface area contributed by atoms with Crippen molar-refractivity contribution in [1.82, 2.24) is 0 Å². The third-order valence-corrected chi connectivity index (χ3v) is 3.71. The van der Waals surface area contributed by atoms with Crippen LogP contribution in [0.2, 0.25) is 0 Å². The van der Waals surface area contributed by atoms with Crippen molar-refractivity contribution < 1.29 is 14.0 Å². The van der Waals surface area contributed by atoms with Crippen LogP contribution >= 0.6 is 0 Å². The molecule has 4 heteroatoms. The topological polar surface area (TPSA) is 59.3 Å². The van der Waals surface area contributed by atoms with Gasteiger partial charge in [0.25, 0.3) is 0 Å². The molecule has 0 saturated heterocycles. The summed E-state index contributed by atoms with van der Waals surface area (Å²) in [5, 5.41) is 3.78. The maximum absolute atomic E-state index is 12.3. The first kappa shape index (κ1) is 15.0. The Labute approximate surface area is 134 Å². The number of amides is 1. The third-order valence-electron chi connectivity index (χ3n) is 3.71. The molecule has 0 aliphatic rings. The van der Waals surface area contributed by atoms with Gasteiger partial charge in [0.15, 0.2) is 5.78 Å². The van der Waals surface area contributed by atoms with Crippen LogP contribution in [-0.2, 0) is 11.2 Å². The molecule has 23 heavy (non-hydrogen) atoms. The van der Waals surface area contributed by atoms with Crippen molar-refractivity contribution in [3.63, 3.8) is 0 Å². The van der Waals surface area contributed by atoms with Crippen LogP contribution in [0, 0.1) is 6.92 Å². The van der Waals surface area contributed by atoms with E-state index >= 15 is 0 Å². The summed E-state index contributed by atoms with van der Waals surface area (Å²) in [6.07, 6.45) is 1.84. The molecule has 0 aliphatic heterocycles. The Kier molecular flexibility index (Phi) is 3.98. The van der Waals surface area contributed by atoms with E-state index in [1.165, 1.54) is 6.92 Å². The Morgan fingerprint density at radius 1 is 1.13 bits per heavy atom. The molecule has 1 N–H and O–H groups in total. The van der Waals surface area contributed by atoms with E-state index < -0.39 is 0 Å². The lowest BCUT2D eigenvalue weighted by Gasteiger charge is -2.06. The number of ketones is 1. The van der Waals surface area contributed by atoms with Crippen LogP contribution in [0.3, 0.4) is 0 Å². The lowest BCUT2D eigenvalue weighted by Crippen LogP contribution is -2.14. The minimum Gasteiger partial charge on any atom is -0.464 e. The van der Waals surface area contributed by atoms with Crippen molar-refractivity contribution in [1.29, 1.82) is 0 Å². The molecule has 1 aromatic heterocycles. The molecule has 1 amide bonds. The van der Waals surface area contributed by atoms with Gasteiger partial charge in [0, 0.05) is 22.2 Å². The lowest BCUT2D eigenvalue weighted by atomic mass is 10.1. The molecule has 0 aliphatic carbocycles. The number of Topliss-reactive ketones (excluding diaryl/α,β-unsaturated/α-hetero) is 1. The highest BCUT2D eigenvalue weighted by Gasteiger charge is 2.11. The van der Waals surface area contributed by atoms with Crippen LogP contribution in [0.25, 0.3) is 11.0 Å². The lowest BCUT2D eigenvalue weighted by molar-refractivity contribution is -0.115. The molecule has 0 radical (unpaired) electrons. The highest BCUT2D eigenvalue weighted by Crippen LogP contribution is 2.23. The number of benzene rings is 2. The molecular weight excluding hydrogens is 290 g/mol. The van der Waals surface area contributed by atoms with Crippen molar-refractivity contribution in [2.75, 3.05) is 5.32 Å². The second-order valence-corrected chi connectivity index (χ2v) is 5.62. The average molecular weight is 307 g/mol. The highest BCUT2D eigenvalue weighted by molar-refractivity contribution is 5.98. The molecule has 0 bridgehead atoms. The van der Waals surface area contributed by atoms with Crippen LogP contribution in [-0.4, -0.2) is 11.7 Å². The minimum atomic E-state index is -0.144. The van der Waals surface area contributed by atoms with E-state index in [0.717, 1.165) is 22.1 Å². The summed E-state index contributed by atoms with van der Waals surface area (Å²) in [4.78, 5) is 23.6. The fraction of sp³-hybridized carbons (Fsp3) is 0.158. The van der Waals surface area contributed by atoms with E-state index in [2.05, 4.69) is 5.32 Å². The molecule has 0 fully saturated rings. The maximum Gasteiger partial charge on any atom is 0.228 e. The fourth-order valence-corrected chi connectivity index (χ4v) is 2.53. The number of hydrogen-bond acceptors (Lipinski definition) is 3.